The number of phenols is 1. The number of aromatic nitrogens is 4. The van der Waals surface area contributed by atoms with Crippen molar-refractivity contribution >= 4 is 22.8 Å². The maximum Gasteiger partial charge on any atom is 0.356 e. The first-order chi connectivity index (χ1) is 20.7. The Morgan fingerprint density at radius 3 is 2.63 bits per heavy atom. The minimum Gasteiger partial charge on any atom is -0.507 e. The number of benzene rings is 1. The average Bonchev–Trinajstić information content (AvgIpc) is 2.95. The minimum absolute atomic E-state index is 0.0135. The Morgan fingerprint density at radius 1 is 1.16 bits per heavy atom. The highest BCUT2D eigenvalue weighted by atomic mass is 19.1. The van der Waals surface area contributed by atoms with E-state index in [0.29, 0.717) is 30.9 Å². The van der Waals surface area contributed by atoms with Gasteiger partial charge >= 0.3 is 5.69 Å². The van der Waals surface area contributed by atoms with Crippen LogP contribution in [0.3, 0.4) is 0 Å². The lowest BCUT2D eigenvalue weighted by molar-refractivity contribution is -0.126. The lowest BCUT2D eigenvalue weighted by atomic mass is 9.96. The summed E-state index contributed by atoms with van der Waals surface area (Å²) in [6.45, 7) is 8.17. The maximum absolute atomic E-state index is 15.9. The van der Waals surface area contributed by atoms with Gasteiger partial charge in [-0.25, -0.2) is 28.1 Å². The molecule has 4 heterocycles. The van der Waals surface area contributed by atoms with E-state index in [4.69, 9.17) is 4.74 Å². The number of amides is 1. The first-order valence-electron chi connectivity index (χ1n) is 14.1. The van der Waals surface area contributed by atoms with Gasteiger partial charge in [-0.3, -0.25) is 4.79 Å². The van der Waals surface area contributed by atoms with Crippen molar-refractivity contribution in [1.82, 2.24) is 24.4 Å². The van der Waals surface area contributed by atoms with Crippen LogP contribution in [0.25, 0.3) is 28.0 Å². The van der Waals surface area contributed by atoms with Crippen LogP contribution in [0, 0.1) is 18.6 Å². The maximum atomic E-state index is 15.9. The number of hydrogen-bond donors (Lipinski definition) is 1. The van der Waals surface area contributed by atoms with Crippen molar-refractivity contribution in [1.29, 1.82) is 0 Å². The molecule has 1 aromatic carbocycles. The van der Waals surface area contributed by atoms with Gasteiger partial charge in [-0.2, -0.15) is 4.98 Å². The Labute approximate surface area is 245 Å². The van der Waals surface area contributed by atoms with E-state index in [1.165, 1.54) is 22.8 Å². The molecular formula is C31H30F2N6O4. The zero-order valence-corrected chi connectivity index (χ0v) is 23.8. The standard InChI is InChI=1S/C31H30F2N6O4/c1-4-24(41)37-13-14-38(18(3)16-37)28-20-15-22(33)26(25-21(32)9-6-10-23(25)40)35-29(20)39(31(42)36-28)27-17(2)11-12-34-30(27)43-19-7-5-8-19/h4,6,9-12,15,18-19,40H,1,5,7-8,13-14,16H2,2-3H3. The summed E-state index contributed by atoms with van der Waals surface area (Å²) >= 11 is 0. The number of piperazine rings is 1. The van der Waals surface area contributed by atoms with Gasteiger partial charge in [0.05, 0.1) is 10.9 Å². The topological polar surface area (TPSA) is 114 Å². The second kappa shape index (κ2) is 11.1. The molecular weight excluding hydrogens is 558 g/mol. The van der Waals surface area contributed by atoms with E-state index in [1.54, 1.807) is 24.1 Å². The minimum atomic E-state index is -0.914. The monoisotopic (exact) mass is 588 g/mol. The van der Waals surface area contributed by atoms with Gasteiger partial charge in [0.25, 0.3) is 0 Å². The molecule has 1 atom stereocenters. The molecule has 2 aliphatic rings. The van der Waals surface area contributed by atoms with Gasteiger partial charge in [-0.15, -0.1) is 0 Å². The predicted octanol–water partition coefficient (Wildman–Crippen LogP) is 4.29. The number of carbonyl (C=O) groups excluding carboxylic acids is 1. The third-order valence-electron chi connectivity index (χ3n) is 8.06. The van der Waals surface area contributed by atoms with Crippen LogP contribution in [0.5, 0.6) is 11.6 Å². The van der Waals surface area contributed by atoms with Gasteiger partial charge in [0.15, 0.2) is 11.5 Å². The fraction of sp³-hybridized carbons (Fsp3) is 0.323. The Morgan fingerprint density at radius 2 is 1.95 bits per heavy atom. The van der Waals surface area contributed by atoms with E-state index in [9.17, 15) is 19.1 Å². The fourth-order valence-corrected chi connectivity index (χ4v) is 5.58. The molecule has 1 N–H and O–H groups in total. The third-order valence-corrected chi connectivity index (χ3v) is 8.06. The van der Waals surface area contributed by atoms with E-state index < -0.39 is 34.3 Å². The van der Waals surface area contributed by atoms with Crippen LogP contribution in [-0.4, -0.2) is 67.2 Å². The summed E-state index contributed by atoms with van der Waals surface area (Å²) in [7, 11) is 0. The molecule has 1 amide bonds. The number of halogens is 2. The van der Waals surface area contributed by atoms with Gasteiger partial charge in [-0.05, 0) is 69.0 Å². The summed E-state index contributed by atoms with van der Waals surface area (Å²) in [5, 5.41) is 10.7. The highest BCUT2D eigenvalue weighted by Gasteiger charge is 2.31. The van der Waals surface area contributed by atoms with Gasteiger partial charge < -0.3 is 19.6 Å². The highest BCUT2D eigenvalue weighted by Crippen LogP contribution is 2.37. The molecule has 2 fully saturated rings. The Bertz CT molecular complexity index is 1800. The fourth-order valence-electron chi connectivity index (χ4n) is 5.58. The summed E-state index contributed by atoms with van der Waals surface area (Å²) in [6.07, 6.45) is 5.47. The summed E-state index contributed by atoms with van der Waals surface area (Å²) in [5.41, 5.74) is -0.713. The Balaban J connectivity index is 1.61. The molecule has 1 saturated heterocycles. The quantitative estimate of drug-likeness (QED) is 0.332. The van der Waals surface area contributed by atoms with Gasteiger partial charge in [0.2, 0.25) is 11.8 Å². The van der Waals surface area contributed by atoms with Crippen LogP contribution in [0.1, 0.15) is 31.7 Å². The lowest BCUT2D eigenvalue weighted by Gasteiger charge is -2.40. The van der Waals surface area contributed by atoms with Crippen LogP contribution in [0.2, 0.25) is 0 Å². The molecule has 1 aliphatic heterocycles. The number of fused-ring (bicyclic) bond motifs is 1. The second-order valence-corrected chi connectivity index (χ2v) is 10.9. The zero-order chi connectivity index (χ0) is 30.4. The smallest absolute Gasteiger partial charge is 0.356 e. The number of phenolic OH excluding ortho intramolecular Hbond substituents is 1. The van der Waals surface area contributed by atoms with Crippen molar-refractivity contribution in [2.24, 2.45) is 0 Å². The normalized spacial score (nSPS) is 17.2. The first kappa shape index (κ1) is 28.3. The van der Waals surface area contributed by atoms with Crippen LogP contribution < -0.4 is 15.3 Å². The lowest BCUT2D eigenvalue weighted by Crippen LogP contribution is -2.54. The van der Waals surface area contributed by atoms with E-state index in [2.05, 4.69) is 21.5 Å². The van der Waals surface area contributed by atoms with Gasteiger partial charge in [-0.1, -0.05) is 12.6 Å². The molecule has 0 bridgehead atoms. The van der Waals surface area contributed by atoms with Gasteiger partial charge in [0, 0.05) is 31.9 Å². The van der Waals surface area contributed by atoms with E-state index in [-0.39, 0.29) is 40.8 Å². The third kappa shape index (κ3) is 4.96. The molecule has 10 nitrogen and oxygen atoms in total. The molecule has 4 aromatic rings. The summed E-state index contributed by atoms with van der Waals surface area (Å²) in [4.78, 5) is 43.0. The molecule has 1 saturated carbocycles. The number of aromatic hydroxyl groups is 1. The summed E-state index contributed by atoms with van der Waals surface area (Å²) in [6, 6.07) is 6.18. The molecule has 6 rings (SSSR count). The van der Waals surface area contributed by atoms with E-state index >= 15 is 4.39 Å². The molecule has 1 unspecified atom stereocenters. The molecule has 3 aromatic heterocycles. The van der Waals surface area contributed by atoms with Gasteiger partial charge in [0.1, 0.15) is 34.9 Å². The van der Waals surface area contributed by atoms with E-state index in [1.807, 2.05) is 11.8 Å². The molecule has 12 heteroatoms. The molecule has 0 spiro atoms. The number of rotatable bonds is 6. The Hall–Kier alpha value is -4.87. The average molecular weight is 589 g/mol. The van der Waals surface area contributed by atoms with Crippen LogP contribution >= 0.6 is 0 Å². The van der Waals surface area contributed by atoms with Crippen LogP contribution in [-0.2, 0) is 4.79 Å². The number of nitrogens with zero attached hydrogens (tertiary/aromatic N) is 6. The number of carbonyl (C=O) groups is 1. The summed E-state index contributed by atoms with van der Waals surface area (Å²) in [5.74, 6) is -2.13. The molecule has 0 radical (unpaired) electrons. The van der Waals surface area contributed by atoms with Crippen molar-refractivity contribution in [3.8, 4) is 28.6 Å². The van der Waals surface area contributed by atoms with Crippen LogP contribution in [0.15, 0.2) is 54.0 Å². The number of hydrogen-bond acceptors (Lipinski definition) is 8. The van der Waals surface area contributed by atoms with Crippen molar-refractivity contribution in [2.45, 2.75) is 45.3 Å². The van der Waals surface area contributed by atoms with E-state index in [0.717, 1.165) is 31.4 Å². The first-order valence-corrected chi connectivity index (χ1v) is 14.1. The predicted molar refractivity (Wildman–Crippen MR) is 157 cm³/mol. The Kier molecular flexibility index (Phi) is 7.28. The largest absolute Gasteiger partial charge is 0.507 e. The number of ether oxygens (including phenoxy) is 1. The zero-order valence-electron chi connectivity index (χ0n) is 23.8. The number of anilines is 1. The summed E-state index contributed by atoms with van der Waals surface area (Å²) < 4.78 is 38.2. The van der Waals surface area contributed by atoms with Crippen molar-refractivity contribution in [3.05, 3.63) is 76.9 Å². The highest BCUT2D eigenvalue weighted by molar-refractivity contribution is 5.91. The number of aryl methyl sites for hydroxylation is 1. The molecule has 43 heavy (non-hydrogen) atoms. The van der Waals surface area contributed by atoms with Crippen molar-refractivity contribution in [3.63, 3.8) is 0 Å². The molecule has 1 aliphatic carbocycles. The number of pyridine rings is 2. The van der Waals surface area contributed by atoms with Crippen molar-refractivity contribution in [2.75, 3.05) is 24.5 Å². The second-order valence-electron chi connectivity index (χ2n) is 10.9. The SMILES string of the molecule is C=CC(=O)N1CCN(c2nc(=O)n(-c3c(C)ccnc3OC3CCC3)c3nc(-c4c(O)cccc4F)c(F)cc23)C(C)C1. The van der Waals surface area contributed by atoms with Crippen LogP contribution in [0.4, 0.5) is 14.6 Å². The molecule has 222 valence electrons. The van der Waals surface area contributed by atoms with Crippen molar-refractivity contribution < 1.29 is 23.4 Å².